The number of methoxy groups -OCH3 is 1. The lowest BCUT2D eigenvalue weighted by molar-refractivity contribution is -0.342. The van der Waals surface area contributed by atoms with E-state index in [4.69, 9.17) is 25.1 Å². The Balaban J connectivity index is 1.86. The Morgan fingerprint density at radius 2 is 2.04 bits per heavy atom. The number of aliphatic hydroxyl groups is 4. The van der Waals surface area contributed by atoms with Gasteiger partial charge in [-0.05, 0) is 0 Å². The summed E-state index contributed by atoms with van der Waals surface area (Å²) in [5.74, 6) is -2.54. The van der Waals surface area contributed by atoms with E-state index in [1.165, 1.54) is 0 Å². The van der Waals surface area contributed by atoms with E-state index in [0.717, 1.165) is 13.4 Å². The third kappa shape index (κ3) is 4.06. The van der Waals surface area contributed by atoms with Crippen molar-refractivity contribution in [2.45, 2.75) is 49.5 Å². The van der Waals surface area contributed by atoms with Crippen molar-refractivity contribution in [2.75, 3.05) is 20.3 Å². The molecule has 2 saturated heterocycles. The van der Waals surface area contributed by atoms with E-state index in [0.29, 0.717) is 6.29 Å². The predicted molar refractivity (Wildman–Crippen MR) is 87.2 cm³/mol. The first kappa shape index (κ1) is 19.7. The van der Waals surface area contributed by atoms with Crippen LogP contribution in [0.15, 0.2) is 11.8 Å². The molecule has 0 unspecified atom stereocenters. The van der Waals surface area contributed by atoms with Gasteiger partial charge in [-0.3, -0.25) is 0 Å². The third-order valence-corrected chi connectivity index (χ3v) is 5.03. The van der Waals surface area contributed by atoms with Crippen LogP contribution < -0.4 is 0 Å². The molecule has 0 spiro atoms. The van der Waals surface area contributed by atoms with E-state index in [1.54, 1.807) is 0 Å². The van der Waals surface area contributed by atoms with Gasteiger partial charge in [0.15, 0.2) is 6.29 Å². The van der Waals surface area contributed by atoms with Gasteiger partial charge >= 0.3 is 5.97 Å². The number of aliphatic hydroxyl groups excluding tert-OH is 4. The standard InChI is InChI=1S/C17H24O11/c1-24-15(23)8-5-26-16(11(10-6-25-10)7(8)2-3-18)28-17-14(22)13(21)12(20)9(4-19)27-17/h3,5,7,9-14,16-17,19-22H,2,4,6H2,1H3/t7-,9-,10-,11+,12-,13+,14-,16+,17+/m1/s1/i10D. The molecule has 0 aromatic heterocycles. The summed E-state index contributed by atoms with van der Waals surface area (Å²) in [4.78, 5) is 23.3. The maximum Gasteiger partial charge on any atom is 0.337 e. The summed E-state index contributed by atoms with van der Waals surface area (Å²) in [5, 5.41) is 39.3. The third-order valence-electron chi connectivity index (χ3n) is 5.03. The summed E-state index contributed by atoms with van der Waals surface area (Å²) in [6.45, 7) is -0.648. The van der Waals surface area contributed by atoms with Crippen LogP contribution in [0.3, 0.4) is 0 Å². The first-order valence-electron chi connectivity index (χ1n) is 9.24. The molecule has 0 saturated carbocycles. The second-order valence-electron chi connectivity index (χ2n) is 6.69. The molecule has 0 bridgehead atoms. The summed E-state index contributed by atoms with van der Waals surface area (Å²) in [5.41, 5.74) is 0.0281. The smallest absolute Gasteiger partial charge is 0.337 e. The number of esters is 1. The number of hydrogen-bond acceptors (Lipinski definition) is 11. The van der Waals surface area contributed by atoms with E-state index in [2.05, 4.69) is 0 Å². The van der Waals surface area contributed by atoms with Crippen molar-refractivity contribution >= 4 is 12.3 Å². The van der Waals surface area contributed by atoms with Crippen molar-refractivity contribution in [3.05, 3.63) is 11.8 Å². The zero-order chi connectivity index (χ0) is 21.3. The number of aldehydes is 1. The van der Waals surface area contributed by atoms with Crippen LogP contribution in [0.5, 0.6) is 0 Å². The molecular formula is C17H24O11. The summed E-state index contributed by atoms with van der Waals surface area (Å²) in [6, 6.07) is 0. The molecule has 11 nitrogen and oxygen atoms in total. The molecule has 0 aromatic rings. The fourth-order valence-corrected chi connectivity index (χ4v) is 3.43. The number of hydrogen-bond donors (Lipinski definition) is 4. The van der Waals surface area contributed by atoms with Crippen LogP contribution in [0.1, 0.15) is 7.79 Å². The van der Waals surface area contributed by atoms with Crippen molar-refractivity contribution in [1.29, 1.82) is 0 Å². The molecule has 0 amide bonds. The van der Waals surface area contributed by atoms with Gasteiger partial charge < -0.3 is 48.9 Å². The van der Waals surface area contributed by atoms with Crippen molar-refractivity contribution in [3.8, 4) is 0 Å². The van der Waals surface area contributed by atoms with Crippen LogP contribution in [0.4, 0.5) is 0 Å². The Labute approximate surface area is 161 Å². The van der Waals surface area contributed by atoms with Crippen LogP contribution in [0.2, 0.25) is 0 Å². The van der Waals surface area contributed by atoms with Crippen molar-refractivity contribution in [1.82, 2.24) is 0 Å². The molecule has 4 N–H and O–H groups in total. The molecule has 158 valence electrons. The summed E-state index contributed by atoms with van der Waals surface area (Å²) in [6.07, 6.45) is -8.97. The number of rotatable bonds is 7. The highest BCUT2D eigenvalue weighted by Crippen LogP contribution is 2.41. The molecule has 2 fully saturated rings. The van der Waals surface area contributed by atoms with E-state index < -0.39 is 67.5 Å². The van der Waals surface area contributed by atoms with E-state index in [1.807, 2.05) is 0 Å². The highest BCUT2D eigenvalue weighted by atomic mass is 16.8. The summed E-state index contributed by atoms with van der Waals surface area (Å²) < 4.78 is 34.6. The number of carbonyl (C=O) groups excluding carboxylic acids is 2. The number of carbonyl (C=O) groups is 2. The Morgan fingerprint density at radius 1 is 1.32 bits per heavy atom. The van der Waals surface area contributed by atoms with Crippen molar-refractivity contribution < 1.29 is 55.1 Å². The lowest BCUT2D eigenvalue weighted by Gasteiger charge is -2.43. The minimum Gasteiger partial charge on any atom is -0.471 e. The zero-order valence-electron chi connectivity index (χ0n) is 16.0. The fourth-order valence-electron chi connectivity index (χ4n) is 3.43. The van der Waals surface area contributed by atoms with Gasteiger partial charge in [0, 0.05) is 12.3 Å². The molecule has 0 aliphatic carbocycles. The lowest BCUT2D eigenvalue weighted by atomic mass is 9.80. The highest BCUT2D eigenvalue weighted by Gasteiger charge is 2.52. The molecule has 11 heteroatoms. The zero-order valence-corrected chi connectivity index (χ0v) is 15.0. The minimum atomic E-state index is -1.69. The number of ether oxygens (including phenoxy) is 5. The highest BCUT2D eigenvalue weighted by molar-refractivity contribution is 5.89. The molecule has 3 rings (SSSR count). The summed E-state index contributed by atoms with van der Waals surface area (Å²) >= 11 is 0. The maximum absolute atomic E-state index is 12.1. The van der Waals surface area contributed by atoms with Gasteiger partial charge in [-0.1, -0.05) is 0 Å². The van der Waals surface area contributed by atoms with E-state index in [-0.39, 0.29) is 18.6 Å². The topological polar surface area (TPSA) is 165 Å². The molecule has 0 radical (unpaired) electrons. The molecule has 9 atom stereocenters. The van der Waals surface area contributed by atoms with Crippen LogP contribution in [-0.2, 0) is 33.3 Å². The first-order valence-corrected chi connectivity index (χ1v) is 8.74. The fraction of sp³-hybridized carbons (Fsp3) is 0.765. The Morgan fingerprint density at radius 3 is 2.61 bits per heavy atom. The van der Waals surface area contributed by atoms with E-state index in [9.17, 15) is 30.0 Å². The largest absolute Gasteiger partial charge is 0.471 e. The Hall–Kier alpha value is -1.60. The van der Waals surface area contributed by atoms with Gasteiger partial charge in [0.1, 0.15) is 30.7 Å². The second kappa shape index (κ2) is 8.82. The lowest BCUT2D eigenvalue weighted by Crippen LogP contribution is -2.60. The average Bonchev–Trinajstić information content (AvgIpc) is 3.46. The van der Waals surface area contributed by atoms with Crippen molar-refractivity contribution in [3.63, 3.8) is 0 Å². The second-order valence-corrected chi connectivity index (χ2v) is 6.69. The van der Waals surface area contributed by atoms with Gasteiger partial charge in [-0.25, -0.2) is 4.79 Å². The van der Waals surface area contributed by atoms with Gasteiger partial charge in [0.25, 0.3) is 0 Å². The number of epoxide rings is 1. The quantitative estimate of drug-likeness (QED) is 0.200. The van der Waals surface area contributed by atoms with Gasteiger partial charge in [-0.2, -0.15) is 0 Å². The van der Waals surface area contributed by atoms with E-state index >= 15 is 0 Å². The van der Waals surface area contributed by atoms with Crippen LogP contribution in [-0.4, -0.2) is 96.1 Å². The SMILES string of the molecule is [2H][C@]1([C@H]2[C@H](O[C@@H]3O[C@H](CO)[C@@H](O)[C@H](O)[C@H]3O)OC=C(C(=O)OC)[C@H]2CC=O)CO1. The van der Waals surface area contributed by atoms with Crippen molar-refractivity contribution in [2.24, 2.45) is 11.8 Å². The molecule has 3 aliphatic heterocycles. The molecular weight excluding hydrogens is 380 g/mol. The Bertz CT molecular complexity index is 649. The monoisotopic (exact) mass is 405 g/mol. The normalized spacial score (nSPS) is 46.0. The van der Waals surface area contributed by atoms with Gasteiger partial charge in [0.05, 0.1) is 45.5 Å². The predicted octanol–water partition coefficient (Wildman–Crippen LogP) is -2.56. The van der Waals surface area contributed by atoms with Crippen LogP contribution in [0.25, 0.3) is 0 Å². The van der Waals surface area contributed by atoms with Crippen LogP contribution in [0, 0.1) is 11.8 Å². The van der Waals surface area contributed by atoms with Crippen LogP contribution >= 0.6 is 0 Å². The average molecular weight is 405 g/mol. The minimum absolute atomic E-state index is 0.000617. The first-order chi connectivity index (χ1) is 13.8. The maximum atomic E-state index is 12.1. The van der Waals surface area contributed by atoms with Gasteiger partial charge in [-0.15, -0.1) is 0 Å². The van der Waals surface area contributed by atoms with Gasteiger partial charge in [0.2, 0.25) is 6.29 Å². The molecule has 0 aromatic carbocycles. The Kier molecular flexibility index (Phi) is 6.21. The molecule has 3 aliphatic rings. The molecule has 3 heterocycles. The summed E-state index contributed by atoms with van der Waals surface area (Å²) in [7, 11) is 1.16. The molecule has 28 heavy (non-hydrogen) atoms.